The summed E-state index contributed by atoms with van der Waals surface area (Å²) in [7, 11) is 0. The molecule has 2 heterocycles. The highest BCUT2D eigenvalue weighted by Gasteiger charge is 2.16. The van der Waals surface area contributed by atoms with Crippen LogP contribution in [0.1, 0.15) is 21.8 Å². The van der Waals surface area contributed by atoms with Crippen LogP contribution in [0, 0.1) is 0 Å². The van der Waals surface area contributed by atoms with Gasteiger partial charge in [0.05, 0.1) is 17.0 Å². The van der Waals surface area contributed by atoms with Gasteiger partial charge in [-0.15, -0.1) is 11.3 Å². The maximum Gasteiger partial charge on any atom is 0.255 e. The third-order valence-corrected chi connectivity index (χ3v) is 5.13. The Balaban J connectivity index is 1.43. The Hall–Kier alpha value is -3.16. The largest absolute Gasteiger partial charge is 0.488 e. The molecule has 2 aromatic heterocycles. The van der Waals surface area contributed by atoms with E-state index in [0.29, 0.717) is 34.7 Å². The van der Waals surface area contributed by atoms with Crippen molar-refractivity contribution in [2.45, 2.75) is 13.2 Å². The Kier molecular flexibility index (Phi) is 5.88. The van der Waals surface area contributed by atoms with Crippen molar-refractivity contribution in [3.05, 3.63) is 88.1 Å². The van der Waals surface area contributed by atoms with E-state index < -0.39 is 0 Å². The van der Waals surface area contributed by atoms with Gasteiger partial charge in [-0.2, -0.15) is 4.98 Å². The van der Waals surface area contributed by atoms with E-state index in [9.17, 15) is 4.79 Å². The molecule has 1 N–H and O–H groups in total. The van der Waals surface area contributed by atoms with E-state index >= 15 is 0 Å². The Bertz CT molecular complexity index is 1100. The number of carbonyl (C=O) groups excluding carboxylic acids is 1. The average molecular weight is 426 g/mol. The molecule has 2 aromatic carbocycles. The van der Waals surface area contributed by atoms with Crippen LogP contribution < -0.4 is 10.1 Å². The Morgan fingerprint density at radius 2 is 2.00 bits per heavy atom. The molecule has 0 bridgehead atoms. The number of carbonyl (C=O) groups is 1. The first-order valence-corrected chi connectivity index (χ1v) is 10.1. The van der Waals surface area contributed by atoms with Crippen molar-refractivity contribution in [1.82, 2.24) is 15.5 Å². The summed E-state index contributed by atoms with van der Waals surface area (Å²) in [6.07, 6.45) is 0. The van der Waals surface area contributed by atoms with Crippen LogP contribution >= 0.6 is 22.9 Å². The predicted octanol–water partition coefficient (Wildman–Crippen LogP) is 4.96. The van der Waals surface area contributed by atoms with E-state index in [1.807, 2.05) is 47.8 Å². The molecule has 6 nitrogen and oxygen atoms in total. The van der Waals surface area contributed by atoms with E-state index in [2.05, 4.69) is 15.5 Å². The third-order valence-electron chi connectivity index (χ3n) is 4.03. The quantitative estimate of drug-likeness (QED) is 0.452. The summed E-state index contributed by atoms with van der Waals surface area (Å²) in [5.41, 5.74) is 1.34. The third kappa shape index (κ3) is 4.82. The molecule has 0 radical (unpaired) electrons. The van der Waals surface area contributed by atoms with Gasteiger partial charge in [0, 0.05) is 5.02 Å². The van der Waals surface area contributed by atoms with Gasteiger partial charge in [0.15, 0.2) is 0 Å². The molecule has 0 aliphatic carbocycles. The fourth-order valence-electron chi connectivity index (χ4n) is 2.62. The molecular formula is C21H16ClN3O3S. The number of thiophene rings is 1. The van der Waals surface area contributed by atoms with Gasteiger partial charge in [-0.25, -0.2) is 0 Å². The summed E-state index contributed by atoms with van der Waals surface area (Å²) in [5.74, 6) is 0.918. The fraction of sp³-hybridized carbons (Fsp3) is 0.0952. The number of aromatic nitrogens is 2. The van der Waals surface area contributed by atoms with Crippen LogP contribution in [0.15, 0.2) is 70.6 Å². The Morgan fingerprint density at radius 3 is 2.79 bits per heavy atom. The molecule has 0 spiro atoms. The van der Waals surface area contributed by atoms with Gasteiger partial charge >= 0.3 is 0 Å². The van der Waals surface area contributed by atoms with Crippen molar-refractivity contribution in [1.29, 1.82) is 0 Å². The summed E-state index contributed by atoms with van der Waals surface area (Å²) in [6.45, 7) is 0.443. The molecule has 4 aromatic rings. The minimum Gasteiger partial charge on any atom is -0.488 e. The first-order valence-electron chi connectivity index (χ1n) is 8.80. The zero-order valence-corrected chi connectivity index (χ0v) is 16.7. The van der Waals surface area contributed by atoms with Crippen molar-refractivity contribution in [2.24, 2.45) is 0 Å². The topological polar surface area (TPSA) is 77.3 Å². The van der Waals surface area contributed by atoms with Crippen LogP contribution in [0.3, 0.4) is 0 Å². The molecule has 1 amide bonds. The van der Waals surface area contributed by atoms with Gasteiger partial charge < -0.3 is 14.6 Å². The van der Waals surface area contributed by atoms with Crippen LogP contribution in [-0.2, 0) is 13.2 Å². The summed E-state index contributed by atoms with van der Waals surface area (Å²) in [4.78, 5) is 17.9. The summed E-state index contributed by atoms with van der Waals surface area (Å²) in [5, 5.41) is 9.08. The van der Waals surface area contributed by atoms with Gasteiger partial charge in [-0.05, 0) is 35.2 Å². The van der Waals surface area contributed by atoms with Crippen LogP contribution in [0.5, 0.6) is 5.75 Å². The highest BCUT2D eigenvalue weighted by Crippen LogP contribution is 2.24. The first-order chi connectivity index (χ1) is 14.2. The smallest absolute Gasteiger partial charge is 0.255 e. The molecule has 29 heavy (non-hydrogen) atoms. The van der Waals surface area contributed by atoms with E-state index in [4.69, 9.17) is 20.9 Å². The Labute approximate surface area is 176 Å². The molecule has 0 saturated carbocycles. The highest BCUT2D eigenvalue weighted by molar-refractivity contribution is 7.13. The lowest BCUT2D eigenvalue weighted by Gasteiger charge is -2.12. The van der Waals surface area contributed by atoms with Crippen LogP contribution in [0.4, 0.5) is 0 Å². The molecule has 4 rings (SSSR count). The standard InChI is InChI=1S/C21H16ClN3O3S/c22-15-8-9-17(27-13-14-5-2-1-3-6-14)16(11-15)21(26)23-12-19-24-20(25-28-19)18-7-4-10-29-18/h1-11H,12-13H2,(H,23,26). The molecule has 0 atom stereocenters. The maximum atomic E-state index is 12.7. The monoisotopic (exact) mass is 425 g/mol. The van der Waals surface area contributed by atoms with Gasteiger partial charge in [-0.1, -0.05) is 53.2 Å². The van der Waals surface area contributed by atoms with E-state index in [1.54, 1.807) is 18.2 Å². The van der Waals surface area contributed by atoms with Crippen molar-refractivity contribution in [3.63, 3.8) is 0 Å². The second-order valence-corrected chi connectivity index (χ2v) is 7.47. The molecule has 0 unspecified atom stereocenters. The lowest BCUT2D eigenvalue weighted by Crippen LogP contribution is -2.23. The molecule has 0 aliphatic heterocycles. The molecular weight excluding hydrogens is 410 g/mol. The Morgan fingerprint density at radius 1 is 1.14 bits per heavy atom. The van der Waals surface area contributed by atoms with E-state index in [0.717, 1.165) is 10.4 Å². The summed E-state index contributed by atoms with van der Waals surface area (Å²) >= 11 is 7.59. The van der Waals surface area contributed by atoms with Crippen molar-refractivity contribution >= 4 is 28.8 Å². The summed E-state index contributed by atoms with van der Waals surface area (Å²) in [6, 6.07) is 18.5. The van der Waals surface area contributed by atoms with Crippen LogP contribution in [0.2, 0.25) is 5.02 Å². The van der Waals surface area contributed by atoms with E-state index in [1.165, 1.54) is 11.3 Å². The van der Waals surface area contributed by atoms with Gasteiger partial charge in [0.25, 0.3) is 5.91 Å². The lowest BCUT2D eigenvalue weighted by molar-refractivity contribution is 0.0941. The minimum atomic E-state index is -0.341. The molecule has 0 saturated heterocycles. The number of hydrogen-bond acceptors (Lipinski definition) is 6. The fourth-order valence-corrected chi connectivity index (χ4v) is 3.45. The SMILES string of the molecule is O=C(NCc1nc(-c2cccs2)no1)c1cc(Cl)ccc1OCc1ccccc1. The number of nitrogens with zero attached hydrogens (tertiary/aromatic N) is 2. The number of rotatable bonds is 7. The van der Waals surface area contributed by atoms with Crippen molar-refractivity contribution < 1.29 is 14.1 Å². The van der Waals surface area contributed by atoms with E-state index in [-0.39, 0.29) is 12.5 Å². The molecule has 0 fully saturated rings. The number of ether oxygens (including phenoxy) is 1. The summed E-state index contributed by atoms with van der Waals surface area (Å²) < 4.78 is 11.0. The van der Waals surface area contributed by atoms with Crippen LogP contribution in [0.25, 0.3) is 10.7 Å². The minimum absolute atomic E-state index is 0.0991. The lowest BCUT2D eigenvalue weighted by atomic mass is 10.2. The van der Waals surface area contributed by atoms with Crippen molar-refractivity contribution in [3.8, 4) is 16.5 Å². The molecule has 0 aliphatic rings. The molecule has 146 valence electrons. The second kappa shape index (κ2) is 8.89. The highest BCUT2D eigenvalue weighted by atomic mass is 35.5. The zero-order valence-electron chi connectivity index (χ0n) is 15.2. The number of halogens is 1. The van der Waals surface area contributed by atoms with Gasteiger partial charge in [-0.3, -0.25) is 4.79 Å². The number of hydrogen-bond donors (Lipinski definition) is 1. The van der Waals surface area contributed by atoms with Crippen molar-refractivity contribution in [2.75, 3.05) is 0 Å². The number of amides is 1. The normalized spacial score (nSPS) is 10.7. The van der Waals surface area contributed by atoms with Crippen LogP contribution in [-0.4, -0.2) is 16.0 Å². The average Bonchev–Trinajstić information content (AvgIpc) is 3.43. The predicted molar refractivity (Wildman–Crippen MR) is 111 cm³/mol. The number of nitrogens with one attached hydrogen (secondary N) is 1. The maximum absolute atomic E-state index is 12.7. The molecule has 8 heteroatoms. The van der Waals surface area contributed by atoms with Gasteiger partial charge in [0.1, 0.15) is 12.4 Å². The van der Waals surface area contributed by atoms with Gasteiger partial charge in [0.2, 0.25) is 11.7 Å². The number of benzene rings is 2. The first kappa shape index (κ1) is 19.2. The second-order valence-electron chi connectivity index (χ2n) is 6.09. The zero-order chi connectivity index (χ0) is 20.1.